The summed E-state index contributed by atoms with van der Waals surface area (Å²) < 4.78 is 0. The molecule has 0 saturated carbocycles. The molecule has 0 amide bonds. The molecule has 0 bridgehead atoms. The van der Waals surface area contributed by atoms with Crippen LogP contribution in [0.2, 0.25) is 5.02 Å². The lowest BCUT2D eigenvalue weighted by atomic mass is 9.95. The molecule has 3 rings (SSSR count). The van der Waals surface area contributed by atoms with Crippen LogP contribution in [0.25, 0.3) is 0 Å². The number of oxime groups is 1. The monoisotopic (exact) mass is 369 g/mol. The fourth-order valence-corrected chi connectivity index (χ4v) is 3.19. The minimum absolute atomic E-state index is 0.130. The van der Waals surface area contributed by atoms with Crippen LogP contribution in [0.15, 0.2) is 46.5 Å². The average Bonchev–Trinajstić information content (AvgIpc) is 3.11. The Labute approximate surface area is 160 Å². The molecule has 5 heteroatoms. The van der Waals surface area contributed by atoms with Crippen molar-refractivity contribution in [3.05, 3.63) is 63.7 Å². The molecular formula is C21H24ClN3O. The molecule has 0 aromatic heterocycles. The highest BCUT2D eigenvalue weighted by Crippen LogP contribution is 2.35. The molecule has 2 aromatic carbocycles. The van der Waals surface area contributed by atoms with Crippen molar-refractivity contribution < 1.29 is 4.84 Å². The maximum Gasteiger partial charge on any atom is 0.159 e. The summed E-state index contributed by atoms with van der Waals surface area (Å²) in [4.78, 5) is 12.3. The molecular weight excluding hydrogens is 346 g/mol. The first-order valence-electron chi connectivity index (χ1n) is 8.82. The largest absolute Gasteiger partial charge is 0.387 e. The molecule has 0 radical (unpaired) electrons. The predicted octanol–water partition coefficient (Wildman–Crippen LogP) is 5.43. The summed E-state index contributed by atoms with van der Waals surface area (Å²) in [5, 5.41) is 5.05. The van der Waals surface area contributed by atoms with E-state index >= 15 is 0 Å². The van der Waals surface area contributed by atoms with Gasteiger partial charge in [-0.3, -0.25) is 0 Å². The molecule has 136 valence electrons. The van der Waals surface area contributed by atoms with Gasteiger partial charge in [0.25, 0.3) is 0 Å². The van der Waals surface area contributed by atoms with Gasteiger partial charge in [0.15, 0.2) is 6.10 Å². The zero-order valence-corrected chi connectivity index (χ0v) is 16.4. The number of aryl methyl sites for hydroxylation is 2. The van der Waals surface area contributed by atoms with Crippen molar-refractivity contribution in [3.8, 4) is 0 Å². The van der Waals surface area contributed by atoms with E-state index < -0.39 is 0 Å². The van der Waals surface area contributed by atoms with Crippen LogP contribution >= 0.6 is 11.6 Å². The van der Waals surface area contributed by atoms with E-state index in [9.17, 15) is 0 Å². The summed E-state index contributed by atoms with van der Waals surface area (Å²) in [5.74, 6) is 0. The highest BCUT2D eigenvalue weighted by molar-refractivity contribution is 6.31. The second-order valence-corrected chi connectivity index (χ2v) is 7.04. The van der Waals surface area contributed by atoms with Gasteiger partial charge in [-0.2, -0.15) is 0 Å². The van der Waals surface area contributed by atoms with Crippen LogP contribution in [-0.2, 0) is 4.84 Å². The van der Waals surface area contributed by atoms with Gasteiger partial charge in [-0.15, -0.1) is 0 Å². The number of nitrogens with zero attached hydrogens (tertiary/aromatic N) is 3. The lowest BCUT2D eigenvalue weighted by Gasteiger charge is -2.12. The van der Waals surface area contributed by atoms with Gasteiger partial charge >= 0.3 is 0 Å². The highest BCUT2D eigenvalue weighted by Gasteiger charge is 2.26. The Bertz CT molecular complexity index is 860. The zero-order valence-electron chi connectivity index (χ0n) is 15.7. The Morgan fingerprint density at radius 3 is 2.77 bits per heavy atom. The first kappa shape index (κ1) is 18.5. The molecule has 0 N–H and O–H groups in total. The first-order valence-corrected chi connectivity index (χ1v) is 9.20. The SMILES string of the molecule is CCN(C)/C=N\c1cc(C)c(C2=NOC(c3ccccc3Cl)C2)cc1C. The molecule has 0 fully saturated rings. The lowest BCUT2D eigenvalue weighted by Crippen LogP contribution is -2.14. The third kappa shape index (κ3) is 3.91. The van der Waals surface area contributed by atoms with E-state index in [2.05, 4.69) is 43.1 Å². The van der Waals surface area contributed by atoms with Crippen molar-refractivity contribution in [2.75, 3.05) is 13.6 Å². The van der Waals surface area contributed by atoms with Crippen LogP contribution in [0.1, 0.15) is 41.7 Å². The standard InChI is InChI=1S/C21H24ClN3O/c1-5-25(4)13-23-19-11-14(2)17(10-15(19)3)20-12-21(26-24-20)16-8-6-7-9-18(16)22/h6-11,13,21H,5,12H2,1-4H3/b23-13-. The molecule has 1 unspecified atom stereocenters. The number of benzene rings is 2. The van der Waals surface area contributed by atoms with Gasteiger partial charge in [0.05, 0.1) is 17.7 Å². The Morgan fingerprint density at radius 1 is 1.27 bits per heavy atom. The average molecular weight is 370 g/mol. The van der Waals surface area contributed by atoms with Gasteiger partial charge in [0.1, 0.15) is 0 Å². The molecule has 0 saturated heterocycles. The molecule has 0 aliphatic carbocycles. The predicted molar refractivity (Wildman–Crippen MR) is 109 cm³/mol. The van der Waals surface area contributed by atoms with E-state index in [1.807, 2.05) is 42.6 Å². The second kappa shape index (κ2) is 7.92. The fourth-order valence-electron chi connectivity index (χ4n) is 2.93. The Hall–Kier alpha value is -2.33. The highest BCUT2D eigenvalue weighted by atomic mass is 35.5. The zero-order chi connectivity index (χ0) is 18.7. The Kier molecular flexibility index (Phi) is 5.62. The van der Waals surface area contributed by atoms with Crippen LogP contribution < -0.4 is 0 Å². The Morgan fingerprint density at radius 2 is 2.04 bits per heavy atom. The van der Waals surface area contributed by atoms with Gasteiger partial charge in [0.2, 0.25) is 0 Å². The summed E-state index contributed by atoms with van der Waals surface area (Å²) >= 11 is 6.30. The number of rotatable bonds is 5. The molecule has 26 heavy (non-hydrogen) atoms. The van der Waals surface area contributed by atoms with E-state index in [1.165, 1.54) is 0 Å². The van der Waals surface area contributed by atoms with E-state index in [-0.39, 0.29) is 6.10 Å². The van der Waals surface area contributed by atoms with Crippen molar-refractivity contribution >= 4 is 29.3 Å². The van der Waals surface area contributed by atoms with Crippen LogP contribution in [0.4, 0.5) is 5.69 Å². The van der Waals surface area contributed by atoms with Crippen LogP contribution in [0, 0.1) is 13.8 Å². The van der Waals surface area contributed by atoms with E-state index in [1.54, 1.807) is 0 Å². The van der Waals surface area contributed by atoms with Gasteiger partial charge < -0.3 is 9.74 Å². The van der Waals surface area contributed by atoms with Crippen LogP contribution in [-0.4, -0.2) is 30.5 Å². The first-order chi connectivity index (χ1) is 12.5. The molecule has 1 heterocycles. The molecule has 4 nitrogen and oxygen atoms in total. The van der Waals surface area contributed by atoms with Gasteiger partial charge in [-0.1, -0.05) is 35.0 Å². The lowest BCUT2D eigenvalue weighted by molar-refractivity contribution is 0.0858. The topological polar surface area (TPSA) is 37.2 Å². The van der Waals surface area contributed by atoms with Crippen molar-refractivity contribution in [1.29, 1.82) is 0 Å². The molecule has 2 aromatic rings. The third-order valence-electron chi connectivity index (χ3n) is 4.67. The molecule has 1 atom stereocenters. The fraction of sp³-hybridized carbons (Fsp3) is 0.333. The van der Waals surface area contributed by atoms with E-state index in [4.69, 9.17) is 16.4 Å². The third-order valence-corrected chi connectivity index (χ3v) is 5.01. The summed E-state index contributed by atoms with van der Waals surface area (Å²) in [6, 6.07) is 12.0. The Balaban J connectivity index is 1.81. The summed E-state index contributed by atoms with van der Waals surface area (Å²) in [6.07, 6.45) is 2.45. The van der Waals surface area contributed by atoms with Crippen molar-refractivity contribution in [2.45, 2.75) is 33.3 Å². The van der Waals surface area contributed by atoms with Crippen molar-refractivity contribution in [1.82, 2.24) is 4.90 Å². The number of halogens is 1. The van der Waals surface area contributed by atoms with Gasteiger partial charge in [-0.25, -0.2) is 4.99 Å². The number of aliphatic imine (C=N–C) groups is 1. The maximum atomic E-state index is 6.30. The summed E-state index contributed by atoms with van der Waals surface area (Å²) in [7, 11) is 2.01. The summed E-state index contributed by atoms with van der Waals surface area (Å²) in [5.41, 5.74) is 6.29. The van der Waals surface area contributed by atoms with Crippen LogP contribution in [0.3, 0.4) is 0 Å². The van der Waals surface area contributed by atoms with Crippen molar-refractivity contribution in [3.63, 3.8) is 0 Å². The molecule has 1 aliphatic rings. The number of hydrogen-bond donors (Lipinski definition) is 0. The normalized spacial score (nSPS) is 16.7. The van der Waals surface area contributed by atoms with Crippen molar-refractivity contribution in [2.24, 2.45) is 10.1 Å². The summed E-state index contributed by atoms with van der Waals surface area (Å²) in [6.45, 7) is 7.18. The van der Waals surface area contributed by atoms with Crippen LogP contribution in [0.5, 0.6) is 0 Å². The minimum Gasteiger partial charge on any atom is -0.387 e. The van der Waals surface area contributed by atoms with E-state index in [0.717, 1.165) is 40.2 Å². The smallest absolute Gasteiger partial charge is 0.159 e. The van der Waals surface area contributed by atoms with E-state index in [0.29, 0.717) is 11.4 Å². The molecule has 0 spiro atoms. The molecule has 1 aliphatic heterocycles. The van der Waals surface area contributed by atoms with Gasteiger partial charge in [-0.05, 0) is 50.1 Å². The second-order valence-electron chi connectivity index (χ2n) is 6.63. The number of hydrogen-bond acceptors (Lipinski definition) is 3. The quantitative estimate of drug-likeness (QED) is 0.520. The minimum atomic E-state index is -0.130. The maximum absolute atomic E-state index is 6.30. The van der Waals surface area contributed by atoms with Gasteiger partial charge in [0, 0.05) is 36.2 Å².